The Morgan fingerprint density at radius 2 is 1.89 bits per heavy atom. The molecule has 0 radical (unpaired) electrons. The predicted molar refractivity (Wildman–Crippen MR) is 65.4 cm³/mol. The summed E-state index contributed by atoms with van der Waals surface area (Å²) in [5.74, 6) is -0.822. The van der Waals surface area contributed by atoms with Crippen molar-refractivity contribution >= 4 is 16.0 Å². The van der Waals surface area contributed by atoms with Crippen LogP contribution in [0.3, 0.4) is 0 Å². The van der Waals surface area contributed by atoms with E-state index in [-0.39, 0.29) is 17.5 Å². The summed E-state index contributed by atoms with van der Waals surface area (Å²) < 4.78 is 31.5. The number of rotatable bonds is 3. The van der Waals surface area contributed by atoms with Crippen LogP contribution in [-0.4, -0.2) is 27.0 Å². The molecule has 5 nitrogen and oxygen atoms in total. The van der Waals surface area contributed by atoms with Crippen LogP contribution in [0.25, 0.3) is 0 Å². The van der Waals surface area contributed by atoms with Crippen molar-refractivity contribution in [2.75, 3.05) is 6.61 Å². The van der Waals surface area contributed by atoms with E-state index in [0.717, 1.165) is 5.56 Å². The van der Waals surface area contributed by atoms with Gasteiger partial charge in [-0.15, -0.1) is 0 Å². The molecule has 1 aliphatic rings. The highest BCUT2D eigenvalue weighted by Gasteiger charge is 2.36. The van der Waals surface area contributed by atoms with Gasteiger partial charge in [0.05, 0.1) is 16.9 Å². The average Bonchev–Trinajstić information content (AvgIpc) is 2.61. The Balaban J connectivity index is 2.17. The van der Waals surface area contributed by atoms with Crippen molar-refractivity contribution < 1.29 is 17.9 Å². The molecule has 2 rings (SSSR count). The van der Waals surface area contributed by atoms with Crippen molar-refractivity contribution in [3.05, 3.63) is 29.8 Å². The second-order valence-corrected chi connectivity index (χ2v) is 6.17. The van der Waals surface area contributed by atoms with Crippen LogP contribution >= 0.6 is 0 Å². The quantitative estimate of drug-likeness (QED) is 0.825. The molecule has 98 valence electrons. The summed E-state index contributed by atoms with van der Waals surface area (Å²) in [7, 11) is -3.60. The molecule has 1 aliphatic heterocycles. The average molecular weight is 269 g/mol. The minimum absolute atomic E-state index is 0.0884. The van der Waals surface area contributed by atoms with E-state index in [1.54, 1.807) is 31.2 Å². The number of sulfonamides is 1. The summed E-state index contributed by atoms with van der Waals surface area (Å²) in [6.45, 7) is 3.62. The van der Waals surface area contributed by atoms with Gasteiger partial charge in [0.1, 0.15) is 6.61 Å². The summed E-state index contributed by atoms with van der Waals surface area (Å²) in [5.41, 5.74) is 0.988. The molecule has 0 saturated carbocycles. The van der Waals surface area contributed by atoms with Crippen LogP contribution < -0.4 is 4.72 Å². The SMILES string of the molecule is Cc1ccc(S(=O)(=O)N[C@H]2COC(=O)[C@H]2C)cc1. The van der Waals surface area contributed by atoms with Crippen molar-refractivity contribution in [3.63, 3.8) is 0 Å². The maximum absolute atomic E-state index is 12.1. The lowest BCUT2D eigenvalue weighted by atomic mass is 10.1. The molecule has 0 unspecified atom stereocenters. The van der Waals surface area contributed by atoms with Gasteiger partial charge in [-0.2, -0.15) is 0 Å². The highest BCUT2D eigenvalue weighted by atomic mass is 32.2. The van der Waals surface area contributed by atoms with Gasteiger partial charge in [0, 0.05) is 0 Å². The van der Waals surface area contributed by atoms with Crippen LogP contribution in [0.1, 0.15) is 12.5 Å². The number of hydrogen-bond acceptors (Lipinski definition) is 4. The molecule has 0 spiro atoms. The molecule has 1 fully saturated rings. The lowest BCUT2D eigenvalue weighted by Crippen LogP contribution is -2.39. The van der Waals surface area contributed by atoms with Crippen molar-refractivity contribution in [1.29, 1.82) is 0 Å². The topological polar surface area (TPSA) is 72.5 Å². The zero-order chi connectivity index (χ0) is 13.3. The number of hydrogen-bond donors (Lipinski definition) is 1. The van der Waals surface area contributed by atoms with Crippen LogP contribution in [0.2, 0.25) is 0 Å². The smallest absolute Gasteiger partial charge is 0.310 e. The molecule has 2 atom stereocenters. The fraction of sp³-hybridized carbons (Fsp3) is 0.417. The van der Waals surface area contributed by atoms with E-state index in [9.17, 15) is 13.2 Å². The second kappa shape index (κ2) is 4.70. The Labute approximate surface area is 106 Å². The standard InChI is InChI=1S/C12H15NO4S/c1-8-3-5-10(6-4-8)18(15,16)13-11-7-17-12(14)9(11)2/h3-6,9,11,13H,7H2,1-2H3/t9-,11-/m0/s1. The van der Waals surface area contributed by atoms with Crippen molar-refractivity contribution in [3.8, 4) is 0 Å². The fourth-order valence-corrected chi connectivity index (χ4v) is 3.03. The molecule has 0 aromatic heterocycles. The molecule has 0 bridgehead atoms. The first-order chi connectivity index (χ1) is 8.40. The number of aryl methyl sites for hydroxylation is 1. The van der Waals surface area contributed by atoms with Crippen molar-refractivity contribution in [2.45, 2.75) is 24.8 Å². The number of carbonyl (C=O) groups is 1. The highest BCUT2D eigenvalue weighted by molar-refractivity contribution is 7.89. The van der Waals surface area contributed by atoms with E-state index >= 15 is 0 Å². The largest absolute Gasteiger partial charge is 0.464 e. The Kier molecular flexibility index (Phi) is 3.41. The Bertz CT molecular complexity index is 550. The summed E-state index contributed by atoms with van der Waals surface area (Å²) in [5, 5.41) is 0. The van der Waals surface area contributed by atoms with E-state index in [1.165, 1.54) is 0 Å². The summed E-state index contributed by atoms with van der Waals surface area (Å²) in [6.07, 6.45) is 0. The van der Waals surface area contributed by atoms with Gasteiger partial charge in [-0.25, -0.2) is 13.1 Å². The third kappa shape index (κ3) is 2.54. The fourth-order valence-electron chi connectivity index (χ4n) is 1.73. The summed E-state index contributed by atoms with van der Waals surface area (Å²) >= 11 is 0. The van der Waals surface area contributed by atoms with Gasteiger partial charge in [-0.05, 0) is 19.1 Å². The summed E-state index contributed by atoms with van der Waals surface area (Å²) in [6, 6.07) is 6.05. The lowest BCUT2D eigenvalue weighted by Gasteiger charge is -2.13. The second-order valence-electron chi connectivity index (χ2n) is 4.46. The molecule has 18 heavy (non-hydrogen) atoms. The van der Waals surface area contributed by atoms with Gasteiger partial charge in [0.2, 0.25) is 10.0 Å². The lowest BCUT2D eigenvalue weighted by molar-refractivity contribution is -0.140. The third-order valence-electron chi connectivity index (χ3n) is 3.02. The molecular weight excluding hydrogens is 254 g/mol. The molecule has 1 saturated heterocycles. The first-order valence-corrected chi connectivity index (χ1v) is 7.14. The zero-order valence-corrected chi connectivity index (χ0v) is 11.0. The minimum atomic E-state index is -3.60. The van der Waals surface area contributed by atoms with Gasteiger partial charge in [-0.3, -0.25) is 4.79 Å². The first-order valence-electron chi connectivity index (χ1n) is 5.66. The van der Waals surface area contributed by atoms with Crippen molar-refractivity contribution in [2.24, 2.45) is 5.92 Å². The van der Waals surface area contributed by atoms with Crippen molar-refractivity contribution in [1.82, 2.24) is 4.72 Å². The number of carbonyl (C=O) groups excluding carboxylic acids is 1. The van der Waals surface area contributed by atoms with E-state index in [2.05, 4.69) is 4.72 Å². The zero-order valence-electron chi connectivity index (χ0n) is 10.2. The molecule has 6 heteroatoms. The predicted octanol–water partition coefficient (Wildman–Crippen LogP) is 0.835. The Morgan fingerprint density at radius 3 is 2.39 bits per heavy atom. The molecule has 1 heterocycles. The first kappa shape index (κ1) is 13.0. The number of nitrogens with one attached hydrogen (secondary N) is 1. The molecule has 0 aliphatic carbocycles. The number of ether oxygens (including phenoxy) is 1. The van der Waals surface area contributed by atoms with Crippen LogP contribution in [-0.2, 0) is 19.6 Å². The third-order valence-corrected chi connectivity index (χ3v) is 4.52. The van der Waals surface area contributed by atoms with Gasteiger partial charge in [0.25, 0.3) is 0 Å². The number of cyclic esters (lactones) is 1. The summed E-state index contributed by atoms with van der Waals surface area (Å²) in [4.78, 5) is 11.4. The van der Waals surface area contributed by atoms with Crippen LogP contribution in [0.15, 0.2) is 29.2 Å². The van der Waals surface area contributed by atoms with Gasteiger partial charge in [0.15, 0.2) is 0 Å². The molecule has 0 amide bonds. The molecule has 1 N–H and O–H groups in total. The maximum atomic E-state index is 12.1. The minimum Gasteiger partial charge on any atom is -0.464 e. The van der Waals surface area contributed by atoms with E-state index < -0.39 is 22.0 Å². The van der Waals surface area contributed by atoms with Crippen LogP contribution in [0, 0.1) is 12.8 Å². The van der Waals surface area contributed by atoms with Crippen LogP contribution in [0.4, 0.5) is 0 Å². The molecular formula is C12H15NO4S. The van der Waals surface area contributed by atoms with E-state index in [4.69, 9.17) is 4.74 Å². The van der Waals surface area contributed by atoms with E-state index in [1.807, 2.05) is 6.92 Å². The maximum Gasteiger partial charge on any atom is 0.310 e. The number of esters is 1. The Hall–Kier alpha value is -1.40. The normalized spacial score (nSPS) is 24.0. The number of benzene rings is 1. The van der Waals surface area contributed by atoms with Crippen LogP contribution in [0.5, 0.6) is 0 Å². The molecule has 1 aromatic rings. The van der Waals surface area contributed by atoms with Gasteiger partial charge in [-0.1, -0.05) is 24.6 Å². The Morgan fingerprint density at radius 1 is 1.28 bits per heavy atom. The van der Waals surface area contributed by atoms with Gasteiger partial charge >= 0.3 is 5.97 Å². The van der Waals surface area contributed by atoms with E-state index in [0.29, 0.717) is 0 Å². The molecule has 1 aromatic carbocycles. The van der Waals surface area contributed by atoms with Gasteiger partial charge < -0.3 is 4.74 Å². The highest BCUT2D eigenvalue weighted by Crippen LogP contribution is 2.18. The monoisotopic (exact) mass is 269 g/mol.